The fraction of sp³-hybridized carbons (Fsp3) is 0. The van der Waals surface area contributed by atoms with Crippen molar-refractivity contribution in [3.8, 4) is 0 Å². The Morgan fingerprint density at radius 2 is 0.848 bits per heavy atom. The quantitative estimate of drug-likeness (QED) is 0.102. The van der Waals surface area contributed by atoms with Gasteiger partial charge in [0, 0.05) is 11.1 Å². The van der Waals surface area contributed by atoms with Crippen molar-refractivity contribution >= 4 is 55.6 Å². The molecule has 0 spiro atoms. The van der Waals surface area contributed by atoms with Crippen LogP contribution in [0.1, 0.15) is 15.9 Å². The molecular formula is C30H21NO2. The molecule has 0 aliphatic carbocycles. The Balaban J connectivity index is 0.000000139. The van der Waals surface area contributed by atoms with Crippen molar-refractivity contribution in [2.75, 3.05) is 0 Å². The molecule has 33 heavy (non-hydrogen) atoms. The first-order valence-corrected chi connectivity index (χ1v) is 10.7. The molecular weight excluding hydrogens is 406 g/mol. The summed E-state index contributed by atoms with van der Waals surface area (Å²) in [4.78, 5) is 11.2. The number of fused-ring (bicyclic) bond motifs is 4. The van der Waals surface area contributed by atoms with Gasteiger partial charge >= 0.3 is 0 Å². The molecule has 0 bridgehead atoms. The van der Waals surface area contributed by atoms with E-state index >= 15 is 0 Å². The standard InChI is InChI=1S/C15H11NO.C15H10O/c17-16-10-15-13-7-3-1-5-11(13)9-12-6-2-4-8-14(12)15;16-10-15-13-7-3-1-5-11(13)9-12-6-2-4-8-14(12)15/h1-10,17H;1-10H. The van der Waals surface area contributed by atoms with Crippen LogP contribution in [0.15, 0.2) is 114 Å². The summed E-state index contributed by atoms with van der Waals surface area (Å²) in [5, 5.41) is 20.8. The van der Waals surface area contributed by atoms with Gasteiger partial charge in [0.05, 0.1) is 6.21 Å². The summed E-state index contributed by atoms with van der Waals surface area (Å²) < 4.78 is 0. The number of hydrogen-bond acceptors (Lipinski definition) is 3. The molecule has 0 aliphatic rings. The first kappa shape index (κ1) is 20.4. The Hall–Kier alpha value is -4.50. The van der Waals surface area contributed by atoms with E-state index in [1.54, 1.807) is 0 Å². The lowest BCUT2D eigenvalue weighted by molar-refractivity contribution is 0.112. The number of carbonyl (C=O) groups is 1. The number of nitrogens with zero attached hydrogens (tertiary/aromatic N) is 1. The maximum atomic E-state index is 11.2. The Morgan fingerprint density at radius 3 is 1.18 bits per heavy atom. The number of rotatable bonds is 2. The van der Waals surface area contributed by atoms with Gasteiger partial charge in [-0.2, -0.15) is 0 Å². The minimum atomic E-state index is 0.786. The van der Waals surface area contributed by atoms with Crippen LogP contribution in [0.5, 0.6) is 0 Å². The second kappa shape index (κ2) is 8.93. The van der Waals surface area contributed by atoms with Crippen molar-refractivity contribution in [2.45, 2.75) is 0 Å². The van der Waals surface area contributed by atoms with Crippen LogP contribution in [-0.2, 0) is 0 Å². The summed E-state index contributed by atoms with van der Waals surface area (Å²) in [5.41, 5.74) is 1.75. The molecule has 6 aromatic carbocycles. The molecule has 0 unspecified atom stereocenters. The lowest BCUT2D eigenvalue weighted by Gasteiger charge is -2.06. The molecule has 6 aromatic rings. The fourth-order valence-electron chi connectivity index (χ4n) is 4.42. The molecule has 6 rings (SSSR count). The summed E-state index contributed by atoms with van der Waals surface area (Å²) in [6, 6.07) is 36.5. The summed E-state index contributed by atoms with van der Waals surface area (Å²) in [6.07, 6.45) is 2.45. The topological polar surface area (TPSA) is 49.7 Å². The highest BCUT2D eigenvalue weighted by Gasteiger charge is 2.06. The molecule has 0 saturated heterocycles. The van der Waals surface area contributed by atoms with E-state index in [1.165, 1.54) is 6.21 Å². The molecule has 0 aromatic heterocycles. The van der Waals surface area contributed by atoms with Crippen molar-refractivity contribution < 1.29 is 10.0 Å². The van der Waals surface area contributed by atoms with Gasteiger partial charge in [0.15, 0.2) is 6.29 Å². The molecule has 0 radical (unpaired) electrons. The zero-order chi connectivity index (χ0) is 22.6. The highest BCUT2D eigenvalue weighted by atomic mass is 16.4. The number of hydrogen-bond donors (Lipinski definition) is 1. The van der Waals surface area contributed by atoms with Gasteiger partial charge in [-0.1, -0.05) is 102 Å². The first-order valence-electron chi connectivity index (χ1n) is 10.7. The number of oxime groups is 1. The zero-order valence-electron chi connectivity index (χ0n) is 17.8. The van der Waals surface area contributed by atoms with Crippen LogP contribution in [0.4, 0.5) is 0 Å². The Morgan fingerprint density at radius 1 is 0.515 bits per heavy atom. The molecule has 3 heteroatoms. The van der Waals surface area contributed by atoms with Crippen LogP contribution in [0.2, 0.25) is 0 Å². The fourth-order valence-corrected chi connectivity index (χ4v) is 4.42. The first-order chi connectivity index (χ1) is 16.3. The van der Waals surface area contributed by atoms with E-state index in [0.717, 1.165) is 60.5 Å². The lowest BCUT2D eigenvalue weighted by Crippen LogP contribution is -1.87. The second-order valence-electron chi connectivity index (χ2n) is 7.83. The van der Waals surface area contributed by atoms with Gasteiger partial charge in [0.2, 0.25) is 0 Å². The average Bonchev–Trinajstić information content (AvgIpc) is 2.87. The van der Waals surface area contributed by atoms with Crippen LogP contribution < -0.4 is 0 Å². The smallest absolute Gasteiger partial charge is 0.151 e. The number of benzene rings is 6. The van der Waals surface area contributed by atoms with Gasteiger partial charge in [-0.3, -0.25) is 4.79 Å². The van der Waals surface area contributed by atoms with Crippen molar-refractivity contribution in [2.24, 2.45) is 5.16 Å². The minimum Gasteiger partial charge on any atom is -0.411 e. The van der Waals surface area contributed by atoms with Gasteiger partial charge < -0.3 is 5.21 Å². The molecule has 0 amide bonds. The van der Waals surface area contributed by atoms with Crippen molar-refractivity contribution in [3.05, 3.63) is 120 Å². The van der Waals surface area contributed by atoms with Crippen LogP contribution in [0, 0.1) is 0 Å². The van der Waals surface area contributed by atoms with E-state index in [2.05, 4.69) is 29.4 Å². The molecule has 158 valence electrons. The lowest BCUT2D eigenvalue weighted by atomic mass is 9.97. The van der Waals surface area contributed by atoms with Gasteiger partial charge in [-0.15, -0.1) is 0 Å². The zero-order valence-corrected chi connectivity index (χ0v) is 17.8. The molecule has 0 aliphatic heterocycles. The Labute approximate surface area is 191 Å². The van der Waals surface area contributed by atoms with Crippen molar-refractivity contribution in [1.29, 1.82) is 0 Å². The van der Waals surface area contributed by atoms with Crippen molar-refractivity contribution in [3.63, 3.8) is 0 Å². The third kappa shape index (κ3) is 3.81. The van der Waals surface area contributed by atoms with Crippen LogP contribution >= 0.6 is 0 Å². The van der Waals surface area contributed by atoms with Crippen molar-refractivity contribution in [1.82, 2.24) is 0 Å². The average molecular weight is 428 g/mol. The van der Waals surface area contributed by atoms with Crippen LogP contribution in [0.25, 0.3) is 43.1 Å². The molecule has 0 fully saturated rings. The molecule has 0 saturated carbocycles. The van der Waals surface area contributed by atoms with Gasteiger partial charge in [0.1, 0.15) is 0 Å². The molecule has 1 N–H and O–H groups in total. The Kier molecular flexibility index (Phi) is 5.52. The summed E-state index contributed by atoms with van der Waals surface area (Å²) in [5.74, 6) is 0. The number of carbonyl (C=O) groups excluding carboxylic acids is 1. The summed E-state index contributed by atoms with van der Waals surface area (Å²) >= 11 is 0. The second-order valence-corrected chi connectivity index (χ2v) is 7.83. The monoisotopic (exact) mass is 427 g/mol. The predicted octanol–water partition coefficient (Wildman–Crippen LogP) is 7.61. The van der Waals surface area contributed by atoms with Crippen LogP contribution in [0.3, 0.4) is 0 Å². The summed E-state index contributed by atoms with van der Waals surface area (Å²) in [6.45, 7) is 0. The van der Waals surface area contributed by atoms with E-state index in [-0.39, 0.29) is 0 Å². The van der Waals surface area contributed by atoms with E-state index in [0.29, 0.717) is 0 Å². The van der Waals surface area contributed by atoms with Gasteiger partial charge in [-0.05, 0) is 55.2 Å². The van der Waals surface area contributed by atoms with Gasteiger partial charge in [-0.25, -0.2) is 0 Å². The molecule has 0 atom stereocenters. The summed E-state index contributed by atoms with van der Waals surface area (Å²) in [7, 11) is 0. The highest BCUT2D eigenvalue weighted by Crippen LogP contribution is 2.28. The Bertz CT molecular complexity index is 1540. The maximum Gasteiger partial charge on any atom is 0.151 e. The molecule has 0 heterocycles. The van der Waals surface area contributed by atoms with E-state index in [1.807, 2.05) is 84.9 Å². The number of aldehydes is 1. The minimum absolute atomic E-state index is 0.786. The third-order valence-electron chi connectivity index (χ3n) is 5.93. The highest BCUT2D eigenvalue weighted by molar-refractivity contribution is 6.13. The molecule has 3 nitrogen and oxygen atoms in total. The largest absolute Gasteiger partial charge is 0.411 e. The van der Waals surface area contributed by atoms with E-state index in [4.69, 9.17) is 5.21 Å². The van der Waals surface area contributed by atoms with Gasteiger partial charge in [0.25, 0.3) is 0 Å². The van der Waals surface area contributed by atoms with E-state index in [9.17, 15) is 4.79 Å². The third-order valence-corrected chi connectivity index (χ3v) is 5.93. The SMILES string of the molecule is O=Cc1c2ccccc2cc2ccccc12.ON=Cc1c2ccccc2cc2ccccc12. The van der Waals surface area contributed by atoms with Crippen LogP contribution in [-0.4, -0.2) is 17.7 Å². The predicted molar refractivity (Wildman–Crippen MR) is 138 cm³/mol. The maximum absolute atomic E-state index is 11.2. The van der Waals surface area contributed by atoms with E-state index < -0.39 is 0 Å². The normalized spacial score (nSPS) is 11.2.